The van der Waals surface area contributed by atoms with Crippen molar-refractivity contribution >= 4 is 11.8 Å². The quantitative estimate of drug-likeness (QED) is 0.314. The highest BCUT2D eigenvalue weighted by Crippen LogP contribution is 1.86. The van der Waals surface area contributed by atoms with Crippen molar-refractivity contribution in [2.75, 3.05) is 14.1 Å². The number of nitrogens with zero attached hydrogens (tertiary/aromatic N) is 2. The normalized spacial score (nSPS) is 8.40. The second-order valence-electron chi connectivity index (χ2n) is 2.29. The zero-order valence-corrected chi connectivity index (χ0v) is 6.71. The number of carbonyl (C=O) groups is 1. The van der Waals surface area contributed by atoms with Gasteiger partial charge in [0.1, 0.15) is 0 Å². The van der Waals surface area contributed by atoms with Crippen LogP contribution in [0.25, 0.3) is 0 Å². The zero-order valence-electron chi connectivity index (χ0n) is 6.71. The van der Waals surface area contributed by atoms with Gasteiger partial charge in [-0.25, -0.2) is 4.79 Å². The van der Waals surface area contributed by atoms with Gasteiger partial charge in [-0.3, -0.25) is 4.84 Å². The first kappa shape index (κ1) is 8.94. The molecule has 1 amide bonds. The Morgan fingerprint density at radius 3 is 2.20 bits per heavy atom. The molecule has 0 aromatic rings. The van der Waals surface area contributed by atoms with E-state index in [0.29, 0.717) is 0 Å². The van der Waals surface area contributed by atoms with Gasteiger partial charge in [0.15, 0.2) is 0 Å². The van der Waals surface area contributed by atoms with Crippen LogP contribution in [0.5, 0.6) is 0 Å². The lowest BCUT2D eigenvalue weighted by Gasteiger charge is -2.05. The van der Waals surface area contributed by atoms with Gasteiger partial charge in [-0.2, -0.15) is 0 Å². The van der Waals surface area contributed by atoms with Crippen molar-refractivity contribution in [3.8, 4) is 0 Å². The number of rotatable bonds is 1. The molecule has 10 heavy (non-hydrogen) atoms. The van der Waals surface area contributed by atoms with Crippen molar-refractivity contribution in [2.45, 2.75) is 13.8 Å². The molecular weight excluding hydrogens is 132 g/mol. The lowest BCUT2D eigenvalue weighted by Crippen LogP contribution is -2.21. The van der Waals surface area contributed by atoms with Crippen LogP contribution in [0.4, 0.5) is 4.79 Å². The summed E-state index contributed by atoms with van der Waals surface area (Å²) in [6.45, 7) is 3.51. The Balaban J connectivity index is 3.71. The molecule has 4 heteroatoms. The maximum Gasteiger partial charge on any atom is 0.435 e. The summed E-state index contributed by atoms with van der Waals surface area (Å²) in [6.07, 6.45) is -0.457. The third kappa shape index (κ3) is 3.88. The van der Waals surface area contributed by atoms with Gasteiger partial charge < -0.3 is 4.90 Å². The second-order valence-corrected chi connectivity index (χ2v) is 2.29. The summed E-state index contributed by atoms with van der Waals surface area (Å²) in [4.78, 5) is 16.4. The standard InChI is InChI=1S/C6H12N2O2/c1-5(2)7-10-6(9)8(3)4/h1-4H3. The Morgan fingerprint density at radius 2 is 1.90 bits per heavy atom. The van der Waals surface area contributed by atoms with Crippen LogP contribution in [0.3, 0.4) is 0 Å². The Morgan fingerprint density at radius 1 is 1.40 bits per heavy atom. The molecule has 0 rings (SSSR count). The molecule has 0 bridgehead atoms. The molecule has 0 unspecified atom stereocenters. The summed E-state index contributed by atoms with van der Waals surface area (Å²) in [5.74, 6) is 0. The summed E-state index contributed by atoms with van der Waals surface area (Å²) in [7, 11) is 3.20. The predicted octanol–water partition coefficient (Wildman–Crippen LogP) is 1.08. The number of oxime groups is 1. The van der Waals surface area contributed by atoms with Crippen molar-refractivity contribution in [3.05, 3.63) is 0 Å². The van der Waals surface area contributed by atoms with Crippen LogP contribution in [0.1, 0.15) is 13.8 Å². The summed E-state index contributed by atoms with van der Waals surface area (Å²) in [5.41, 5.74) is 0.718. The van der Waals surface area contributed by atoms with Gasteiger partial charge in [-0.1, -0.05) is 5.16 Å². The second kappa shape index (κ2) is 3.87. The van der Waals surface area contributed by atoms with Gasteiger partial charge in [0.2, 0.25) is 0 Å². The molecule has 0 aliphatic carbocycles. The molecule has 0 atom stereocenters. The lowest BCUT2D eigenvalue weighted by molar-refractivity contribution is 0.122. The molecule has 0 aromatic carbocycles. The molecule has 0 aromatic heterocycles. The SMILES string of the molecule is CC(C)=NOC(=O)N(C)C. The van der Waals surface area contributed by atoms with E-state index in [1.165, 1.54) is 4.90 Å². The van der Waals surface area contributed by atoms with Gasteiger partial charge in [-0.05, 0) is 13.8 Å². The van der Waals surface area contributed by atoms with Crippen LogP contribution >= 0.6 is 0 Å². The summed E-state index contributed by atoms with van der Waals surface area (Å²) >= 11 is 0. The minimum atomic E-state index is -0.457. The monoisotopic (exact) mass is 144 g/mol. The van der Waals surface area contributed by atoms with Crippen LogP contribution in [-0.4, -0.2) is 30.8 Å². The number of amides is 1. The van der Waals surface area contributed by atoms with E-state index >= 15 is 0 Å². The minimum Gasteiger partial charge on any atom is -0.312 e. The van der Waals surface area contributed by atoms with E-state index in [-0.39, 0.29) is 0 Å². The van der Waals surface area contributed by atoms with Crippen LogP contribution in [0.2, 0.25) is 0 Å². The smallest absolute Gasteiger partial charge is 0.312 e. The molecule has 0 N–H and O–H groups in total. The van der Waals surface area contributed by atoms with E-state index in [9.17, 15) is 4.79 Å². The van der Waals surface area contributed by atoms with E-state index in [0.717, 1.165) is 5.71 Å². The maximum atomic E-state index is 10.6. The molecule has 0 saturated heterocycles. The lowest BCUT2D eigenvalue weighted by atomic mass is 10.5. The first-order valence-electron chi connectivity index (χ1n) is 2.93. The largest absolute Gasteiger partial charge is 0.435 e. The Bertz CT molecular complexity index is 148. The van der Waals surface area contributed by atoms with Crippen LogP contribution in [-0.2, 0) is 4.84 Å². The predicted molar refractivity (Wildman–Crippen MR) is 39.0 cm³/mol. The Kier molecular flexibility index (Phi) is 3.46. The summed E-state index contributed by atoms with van der Waals surface area (Å²) in [6, 6.07) is 0. The van der Waals surface area contributed by atoms with Gasteiger partial charge in [0.25, 0.3) is 0 Å². The van der Waals surface area contributed by atoms with Gasteiger partial charge >= 0.3 is 6.09 Å². The summed E-state index contributed by atoms with van der Waals surface area (Å²) < 4.78 is 0. The van der Waals surface area contributed by atoms with Crippen molar-refractivity contribution in [3.63, 3.8) is 0 Å². The number of carbonyl (C=O) groups excluding carboxylic acids is 1. The van der Waals surface area contributed by atoms with Crippen LogP contribution in [0, 0.1) is 0 Å². The average molecular weight is 144 g/mol. The molecule has 58 valence electrons. The highest BCUT2D eigenvalue weighted by molar-refractivity contribution is 5.79. The number of hydrogen-bond donors (Lipinski definition) is 0. The van der Waals surface area contributed by atoms with Crippen LogP contribution in [0.15, 0.2) is 5.16 Å². The minimum absolute atomic E-state index is 0.457. The maximum absolute atomic E-state index is 10.6. The zero-order chi connectivity index (χ0) is 8.15. The molecule has 0 aliphatic rings. The third-order valence-electron chi connectivity index (χ3n) is 0.671. The average Bonchev–Trinajstić information content (AvgIpc) is 1.82. The van der Waals surface area contributed by atoms with E-state index in [4.69, 9.17) is 0 Å². The number of hydrogen-bond acceptors (Lipinski definition) is 3. The molecule has 0 radical (unpaired) electrons. The van der Waals surface area contributed by atoms with Gasteiger partial charge in [0, 0.05) is 14.1 Å². The molecule has 0 fully saturated rings. The van der Waals surface area contributed by atoms with E-state index < -0.39 is 6.09 Å². The summed E-state index contributed by atoms with van der Waals surface area (Å²) in [5, 5.41) is 3.47. The topological polar surface area (TPSA) is 41.9 Å². The van der Waals surface area contributed by atoms with E-state index in [1.54, 1.807) is 27.9 Å². The highest BCUT2D eigenvalue weighted by Gasteiger charge is 2.02. The molecule has 0 saturated carbocycles. The Hall–Kier alpha value is -1.06. The van der Waals surface area contributed by atoms with Crippen LogP contribution < -0.4 is 0 Å². The first-order chi connectivity index (χ1) is 4.54. The Labute approximate surface area is 60.4 Å². The molecule has 0 spiro atoms. The fourth-order valence-electron chi connectivity index (χ4n) is 0.212. The van der Waals surface area contributed by atoms with Crippen molar-refractivity contribution < 1.29 is 9.63 Å². The van der Waals surface area contributed by atoms with Crippen molar-refractivity contribution in [2.24, 2.45) is 5.16 Å². The van der Waals surface area contributed by atoms with Crippen molar-refractivity contribution in [1.29, 1.82) is 0 Å². The molecular formula is C6H12N2O2. The van der Waals surface area contributed by atoms with Crippen molar-refractivity contribution in [1.82, 2.24) is 4.90 Å². The highest BCUT2D eigenvalue weighted by atomic mass is 16.7. The molecule has 0 heterocycles. The first-order valence-corrected chi connectivity index (χ1v) is 2.93. The van der Waals surface area contributed by atoms with E-state index in [1.807, 2.05) is 0 Å². The fraction of sp³-hybridized carbons (Fsp3) is 0.667. The van der Waals surface area contributed by atoms with Gasteiger partial charge in [-0.15, -0.1) is 0 Å². The van der Waals surface area contributed by atoms with Gasteiger partial charge in [0.05, 0.1) is 5.71 Å². The molecule has 4 nitrogen and oxygen atoms in total. The third-order valence-corrected chi connectivity index (χ3v) is 0.671. The molecule has 0 aliphatic heterocycles. The van der Waals surface area contributed by atoms with E-state index in [2.05, 4.69) is 9.99 Å². The fourth-order valence-corrected chi connectivity index (χ4v) is 0.212.